The Bertz CT molecular complexity index is 513. The molecule has 0 unspecified atom stereocenters. The molecule has 0 saturated heterocycles. The summed E-state index contributed by atoms with van der Waals surface area (Å²) in [7, 11) is 0. The highest BCUT2D eigenvalue weighted by atomic mass is 35.5. The van der Waals surface area contributed by atoms with Gasteiger partial charge >= 0.3 is 0 Å². The average Bonchev–Trinajstić information content (AvgIpc) is 2.38. The van der Waals surface area contributed by atoms with Crippen molar-refractivity contribution in [3.8, 4) is 0 Å². The van der Waals surface area contributed by atoms with E-state index in [2.05, 4.69) is 15.3 Å². The topological polar surface area (TPSA) is 58.0 Å². The second kappa shape index (κ2) is 6.50. The van der Waals surface area contributed by atoms with Crippen LogP contribution in [0.4, 0.5) is 5.82 Å². The first-order valence-corrected chi connectivity index (χ1v) is 6.50. The molecule has 0 aliphatic carbocycles. The Morgan fingerprint density at radius 1 is 1.26 bits per heavy atom. The third-order valence-electron chi connectivity index (χ3n) is 2.75. The molecule has 1 atom stereocenters. The SMILES string of the molecule is Cc1nc(Cl)cc(N[C@@H](CCO)c2ccccc2)n1. The zero-order chi connectivity index (χ0) is 13.7. The van der Waals surface area contributed by atoms with E-state index in [0.717, 1.165) is 5.56 Å². The van der Waals surface area contributed by atoms with Gasteiger partial charge in [-0.15, -0.1) is 0 Å². The van der Waals surface area contributed by atoms with E-state index in [9.17, 15) is 5.11 Å². The van der Waals surface area contributed by atoms with Gasteiger partial charge in [-0.05, 0) is 18.9 Å². The van der Waals surface area contributed by atoms with Gasteiger partial charge in [0.1, 0.15) is 16.8 Å². The van der Waals surface area contributed by atoms with Crippen LogP contribution < -0.4 is 5.32 Å². The van der Waals surface area contributed by atoms with Crippen LogP contribution in [0, 0.1) is 6.92 Å². The minimum absolute atomic E-state index is 0.00318. The summed E-state index contributed by atoms with van der Waals surface area (Å²) < 4.78 is 0. The number of hydrogen-bond donors (Lipinski definition) is 2. The van der Waals surface area contributed by atoms with Gasteiger partial charge in [0.05, 0.1) is 6.04 Å². The average molecular weight is 278 g/mol. The van der Waals surface area contributed by atoms with Crippen molar-refractivity contribution in [2.75, 3.05) is 11.9 Å². The van der Waals surface area contributed by atoms with Crippen molar-refractivity contribution in [3.63, 3.8) is 0 Å². The number of halogens is 1. The fourth-order valence-electron chi connectivity index (χ4n) is 1.92. The van der Waals surface area contributed by atoms with Crippen molar-refractivity contribution in [2.45, 2.75) is 19.4 Å². The standard InChI is InChI=1S/C14H16ClN3O/c1-10-16-13(15)9-14(17-10)18-12(7-8-19)11-5-3-2-4-6-11/h2-6,9,12,19H,7-8H2,1H3,(H,16,17,18)/t12-/m0/s1. The maximum Gasteiger partial charge on any atom is 0.134 e. The van der Waals surface area contributed by atoms with Crippen molar-refractivity contribution >= 4 is 17.4 Å². The number of nitrogens with zero attached hydrogens (tertiary/aromatic N) is 2. The molecule has 5 heteroatoms. The third-order valence-corrected chi connectivity index (χ3v) is 2.94. The van der Waals surface area contributed by atoms with Gasteiger partial charge in [0.2, 0.25) is 0 Å². The Kier molecular flexibility index (Phi) is 4.71. The monoisotopic (exact) mass is 277 g/mol. The second-order valence-corrected chi connectivity index (χ2v) is 4.63. The van der Waals surface area contributed by atoms with Gasteiger partial charge in [0, 0.05) is 12.7 Å². The van der Waals surface area contributed by atoms with Crippen molar-refractivity contribution in [1.82, 2.24) is 9.97 Å². The Morgan fingerprint density at radius 2 is 2.00 bits per heavy atom. The lowest BCUT2D eigenvalue weighted by Crippen LogP contribution is -2.13. The molecule has 1 aromatic heterocycles. The zero-order valence-electron chi connectivity index (χ0n) is 10.7. The minimum Gasteiger partial charge on any atom is -0.396 e. The van der Waals surface area contributed by atoms with Crippen LogP contribution in [0.1, 0.15) is 23.9 Å². The molecule has 0 bridgehead atoms. The molecule has 2 rings (SSSR count). The van der Waals surface area contributed by atoms with Crippen LogP contribution in [0.3, 0.4) is 0 Å². The summed E-state index contributed by atoms with van der Waals surface area (Å²) >= 11 is 5.92. The fraction of sp³-hybridized carbons (Fsp3) is 0.286. The van der Waals surface area contributed by atoms with E-state index in [1.165, 1.54) is 0 Å². The Labute approximate surface area is 117 Å². The summed E-state index contributed by atoms with van der Waals surface area (Å²) in [5.41, 5.74) is 1.10. The number of rotatable bonds is 5. The molecular weight excluding hydrogens is 262 g/mol. The Hall–Kier alpha value is -1.65. The summed E-state index contributed by atoms with van der Waals surface area (Å²) in [6.45, 7) is 1.89. The predicted octanol–water partition coefficient (Wildman–Crippen LogP) is 2.97. The molecule has 100 valence electrons. The van der Waals surface area contributed by atoms with Gasteiger partial charge in [0.25, 0.3) is 0 Å². The van der Waals surface area contributed by atoms with Gasteiger partial charge in [-0.3, -0.25) is 0 Å². The van der Waals surface area contributed by atoms with Crippen LogP contribution >= 0.6 is 11.6 Å². The minimum atomic E-state index is -0.00318. The molecule has 2 aromatic rings. The summed E-state index contributed by atoms with van der Waals surface area (Å²) in [5, 5.41) is 12.9. The number of aryl methyl sites for hydroxylation is 1. The summed E-state index contributed by atoms with van der Waals surface area (Å²) in [6, 6.07) is 11.6. The predicted molar refractivity (Wildman–Crippen MR) is 76.3 cm³/mol. The van der Waals surface area contributed by atoms with E-state index in [4.69, 9.17) is 11.6 Å². The first kappa shape index (κ1) is 13.8. The van der Waals surface area contributed by atoms with Crippen LogP contribution in [0.15, 0.2) is 36.4 Å². The van der Waals surface area contributed by atoms with Crippen LogP contribution in [0.2, 0.25) is 5.15 Å². The number of benzene rings is 1. The molecule has 0 amide bonds. The largest absolute Gasteiger partial charge is 0.396 e. The van der Waals surface area contributed by atoms with Gasteiger partial charge < -0.3 is 10.4 Å². The Morgan fingerprint density at radius 3 is 2.63 bits per heavy atom. The van der Waals surface area contributed by atoms with E-state index >= 15 is 0 Å². The smallest absolute Gasteiger partial charge is 0.134 e. The maximum atomic E-state index is 9.19. The van der Waals surface area contributed by atoms with Crippen molar-refractivity contribution in [2.24, 2.45) is 0 Å². The molecule has 1 heterocycles. The first-order chi connectivity index (χ1) is 9.19. The van der Waals surface area contributed by atoms with Crippen LogP contribution in [0.5, 0.6) is 0 Å². The van der Waals surface area contributed by atoms with Crippen LogP contribution in [-0.4, -0.2) is 21.7 Å². The van der Waals surface area contributed by atoms with Gasteiger partial charge in [-0.25, -0.2) is 9.97 Å². The quantitative estimate of drug-likeness (QED) is 0.825. The van der Waals surface area contributed by atoms with E-state index in [-0.39, 0.29) is 12.6 Å². The van der Waals surface area contributed by atoms with Crippen LogP contribution in [-0.2, 0) is 0 Å². The molecule has 0 spiro atoms. The van der Waals surface area contributed by atoms with Crippen LogP contribution in [0.25, 0.3) is 0 Å². The normalized spacial score (nSPS) is 12.2. The highest BCUT2D eigenvalue weighted by Crippen LogP contribution is 2.22. The van der Waals surface area contributed by atoms with E-state index in [1.54, 1.807) is 13.0 Å². The lowest BCUT2D eigenvalue weighted by molar-refractivity contribution is 0.280. The molecule has 0 radical (unpaired) electrons. The number of anilines is 1. The molecule has 0 saturated carbocycles. The van der Waals surface area contributed by atoms with Crippen molar-refractivity contribution in [3.05, 3.63) is 52.9 Å². The molecule has 2 N–H and O–H groups in total. The van der Waals surface area contributed by atoms with E-state index in [0.29, 0.717) is 23.2 Å². The highest BCUT2D eigenvalue weighted by molar-refractivity contribution is 6.29. The highest BCUT2D eigenvalue weighted by Gasteiger charge is 2.12. The first-order valence-electron chi connectivity index (χ1n) is 6.12. The molecule has 0 fully saturated rings. The number of aliphatic hydroxyl groups excluding tert-OH is 1. The molecule has 4 nitrogen and oxygen atoms in total. The van der Waals surface area contributed by atoms with Gasteiger partial charge in [-0.2, -0.15) is 0 Å². The molecule has 0 aliphatic rings. The number of nitrogens with one attached hydrogen (secondary N) is 1. The summed E-state index contributed by atoms with van der Waals surface area (Å²) in [6.07, 6.45) is 0.602. The summed E-state index contributed by atoms with van der Waals surface area (Å²) in [5.74, 6) is 1.28. The van der Waals surface area contributed by atoms with Crippen molar-refractivity contribution < 1.29 is 5.11 Å². The lowest BCUT2D eigenvalue weighted by atomic mass is 10.0. The zero-order valence-corrected chi connectivity index (χ0v) is 11.4. The third kappa shape index (κ3) is 3.91. The number of aliphatic hydroxyl groups is 1. The second-order valence-electron chi connectivity index (χ2n) is 4.24. The molecular formula is C14H16ClN3O. The van der Waals surface area contributed by atoms with E-state index in [1.807, 2.05) is 30.3 Å². The lowest BCUT2D eigenvalue weighted by Gasteiger charge is -2.19. The molecule has 1 aromatic carbocycles. The summed E-state index contributed by atoms with van der Waals surface area (Å²) in [4.78, 5) is 8.32. The number of hydrogen-bond acceptors (Lipinski definition) is 4. The maximum absolute atomic E-state index is 9.19. The number of aromatic nitrogens is 2. The van der Waals surface area contributed by atoms with Gasteiger partial charge in [0.15, 0.2) is 0 Å². The van der Waals surface area contributed by atoms with Gasteiger partial charge in [-0.1, -0.05) is 41.9 Å². The Balaban J connectivity index is 2.21. The van der Waals surface area contributed by atoms with Crippen molar-refractivity contribution in [1.29, 1.82) is 0 Å². The fourth-order valence-corrected chi connectivity index (χ4v) is 2.15. The van der Waals surface area contributed by atoms with E-state index < -0.39 is 0 Å². The molecule has 19 heavy (non-hydrogen) atoms. The molecule has 0 aliphatic heterocycles.